The normalized spacial score (nSPS) is 21.8. The minimum absolute atomic E-state index is 0. The van der Waals surface area contributed by atoms with Gasteiger partial charge in [-0.2, -0.15) is 0 Å². The molecule has 124 valence electrons. The first kappa shape index (κ1) is 18.7. The summed E-state index contributed by atoms with van der Waals surface area (Å²) in [7, 11) is 0. The molecule has 0 bridgehead atoms. The lowest BCUT2D eigenvalue weighted by atomic mass is 9.92. The second kappa shape index (κ2) is 10.4. The molecule has 5 heteroatoms. The van der Waals surface area contributed by atoms with Crippen LogP contribution in [0.4, 0.5) is 0 Å². The van der Waals surface area contributed by atoms with Gasteiger partial charge in [0.2, 0.25) is 5.91 Å². The molecule has 21 heavy (non-hydrogen) atoms. The smallest absolute Gasteiger partial charge is 0.237 e. The molecule has 0 radical (unpaired) electrons. The SMILES string of the molecule is Cl.NC(C(=O)NCCCCC1CCCC1)C1CCOCC1. The highest BCUT2D eigenvalue weighted by molar-refractivity contribution is 5.85. The number of nitrogens with one attached hydrogen (secondary N) is 1. The van der Waals surface area contributed by atoms with Crippen LogP contribution in [-0.2, 0) is 9.53 Å². The number of hydrogen-bond donors (Lipinski definition) is 2. The average molecular weight is 319 g/mol. The Bertz CT molecular complexity index is 290. The fourth-order valence-electron chi connectivity index (χ4n) is 3.48. The van der Waals surface area contributed by atoms with Gasteiger partial charge in [0.1, 0.15) is 0 Å². The predicted octanol–water partition coefficient (Wildman–Crippen LogP) is 2.64. The van der Waals surface area contributed by atoms with Crippen molar-refractivity contribution in [2.45, 2.75) is 63.8 Å². The van der Waals surface area contributed by atoms with E-state index in [1.54, 1.807) is 0 Å². The Morgan fingerprint density at radius 1 is 1.14 bits per heavy atom. The van der Waals surface area contributed by atoms with Crippen LogP contribution < -0.4 is 11.1 Å². The summed E-state index contributed by atoms with van der Waals surface area (Å²) in [4.78, 5) is 12.0. The highest BCUT2D eigenvalue weighted by Gasteiger charge is 2.26. The molecule has 1 amide bonds. The summed E-state index contributed by atoms with van der Waals surface area (Å²) >= 11 is 0. The van der Waals surface area contributed by atoms with E-state index in [0.717, 1.165) is 44.9 Å². The molecule has 0 spiro atoms. The zero-order valence-electron chi connectivity index (χ0n) is 13.0. The molecule has 1 atom stereocenters. The number of rotatable bonds is 7. The Kier molecular flexibility index (Phi) is 9.29. The molecule has 1 saturated heterocycles. The zero-order chi connectivity index (χ0) is 14.2. The van der Waals surface area contributed by atoms with Gasteiger partial charge in [-0.05, 0) is 31.1 Å². The predicted molar refractivity (Wildman–Crippen MR) is 87.6 cm³/mol. The van der Waals surface area contributed by atoms with Gasteiger partial charge in [0, 0.05) is 19.8 Å². The number of nitrogens with two attached hydrogens (primary N) is 1. The third kappa shape index (κ3) is 6.54. The maximum absolute atomic E-state index is 12.0. The van der Waals surface area contributed by atoms with Crippen LogP contribution >= 0.6 is 12.4 Å². The maximum atomic E-state index is 12.0. The van der Waals surface area contributed by atoms with Crippen LogP contribution in [0.1, 0.15) is 57.8 Å². The van der Waals surface area contributed by atoms with Crippen molar-refractivity contribution in [1.29, 1.82) is 0 Å². The molecule has 2 rings (SSSR count). The van der Waals surface area contributed by atoms with E-state index < -0.39 is 0 Å². The number of hydrogen-bond acceptors (Lipinski definition) is 3. The van der Waals surface area contributed by atoms with Crippen molar-refractivity contribution in [3.63, 3.8) is 0 Å². The minimum atomic E-state index is -0.353. The van der Waals surface area contributed by atoms with E-state index in [1.807, 2.05) is 0 Å². The van der Waals surface area contributed by atoms with Crippen molar-refractivity contribution in [1.82, 2.24) is 5.32 Å². The Morgan fingerprint density at radius 3 is 2.48 bits per heavy atom. The lowest BCUT2D eigenvalue weighted by Crippen LogP contribution is -2.47. The van der Waals surface area contributed by atoms with Gasteiger partial charge in [-0.3, -0.25) is 4.79 Å². The largest absolute Gasteiger partial charge is 0.381 e. The molecule has 0 aromatic heterocycles. The van der Waals surface area contributed by atoms with Crippen molar-refractivity contribution in [3.05, 3.63) is 0 Å². The molecule has 1 aliphatic heterocycles. The molecule has 1 unspecified atom stereocenters. The summed E-state index contributed by atoms with van der Waals surface area (Å²) in [5.41, 5.74) is 6.04. The fraction of sp³-hybridized carbons (Fsp3) is 0.938. The highest BCUT2D eigenvalue weighted by Crippen LogP contribution is 2.28. The van der Waals surface area contributed by atoms with Crippen LogP contribution in [0.15, 0.2) is 0 Å². The van der Waals surface area contributed by atoms with E-state index in [4.69, 9.17) is 10.5 Å². The Hall–Kier alpha value is -0.320. The van der Waals surface area contributed by atoms with Crippen LogP contribution in [0, 0.1) is 11.8 Å². The number of unbranched alkanes of at least 4 members (excludes halogenated alkanes) is 1. The molecular formula is C16H31ClN2O2. The van der Waals surface area contributed by atoms with Gasteiger partial charge in [-0.15, -0.1) is 12.4 Å². The summed E-state index contributed by atoms with van der Waals surface area (Å²) in [5.74, 6) is 1.27. The van der Waals surface area contributed by atoms with Crippen LogP contribution in [-0.4, -0.2) is 31.7 Å². The van der Waals surface area contributed by atoms with Crippen LogP contribution in [0.3, 0.4) is 0 Å². The van der Waals surface area contributed by atoms with Crippen molar-refractivity contribution in [2.24, 2.45) is 17.6 Å². The van der Waals surface area contributed by atoms with Crippen LogP contribution in [0.25, 0.3) is 0 Å². The van der Waals surface area contributed by atoms with Crippen molar-refractivity contribution in [2.75, 3.05) is 19.8 Å². The van der Waals surface area contributed by atoms with Crippen molar-refractivity contribution < 1.29 is 9.53 Å². The first-order chi connectivity index (χ1) is 9.77. The standard InChI is InChI=1S/C16H30N2O2.ClH/c17-15(14-8-11-20-12-9-14)16(19)18-10-4-3-7-13-5-1-2-6-13;/h13-15H,1-12,17H2,(H,18,19);1H. The van der Waals surface area contributed by atoms with Gasteiger partial charge in [0.05, 0.1) is 6.04 Å². The third-order valence-corrected chi connectivity index (χ3v) is 4.89. The van der Waals surface area contributed by atoms with E-state index in [-0.39, 0.29) is 24.4 Å². The number of carbonyl (C=O) groups is 1. The summed E-state index contributed by atoms with van der Waals surface area (Å²) < 4.78 is 5.30. The van der Waals surface area contributed by atoms with Crippen LogP contribution in [0.5, 0.6) is 0 Å². The van der Waals surface area contributed by atoms with Crippen molar-refractivity contribution >= 4 is 18.3 Å². The summed E-state index contributed by atoms with van der Waals surface area (Å²) in [6.07, 6.45) is 11.2. The molecule has 2 aliphatic rings. The van der Waals surface area contributed by atoms with E-state index in [9.17, 15) is 4.79 Å². The van der Waals surface area contributed by atoms with Gasteiger partial charge < -0.3 is 15.8 Å². The van der Waals surface area contributed by atoms with Crippen LogP contribution in [0.2, 0.25) is 0 Å². The first-order valence-electron chi connectivity index (χ1n) is 8.38. The van der Waals surface area contributed by atoms with E-state index in [1.165, 1.54) is 38.5 Å². The molecule has 0 aromatic rings. The number of amides is 1. The lowest BCUT2D eigenvalue weighted by molar-refractivity contribution is -0.124. The van der Waals surface area contributed by atoms with E-state index in [2.05, 4.69) is 5.32 Å². The monoisotopic (exact) mass is 318 g/mol. The van der Waals surface area contributed by atoms with Gasteiger partial charge in [-0.25, -0.2) is 0 Å². The second-order valence-corrected chi connectivity index (χ2v) is 6.41. The maximum Gasteiger partial charge on any atom is 0.237 e. The van der Waals surface area contributed by atoms with E-state index in [0.29, 0.717) is 5.92 Å². The fourth-order valence-corrected chi connectivity index (χ4v) is 3.48. The molecular weight excluding hydrogens is 288 g/mol. The van der Waals surface area contributed by atoms with Gasteiger partial charge in [-0.1, -0.05) is 38.5 Å². The topological polar surface area (TPSA) is 64.4 Å². The summed E-state index contributed by atoms with van der Waals surface area (Å²) in [6.45, 7) is 2.27. The molecule has 1 aliphatic carbocycles. The molecule has 1 heterocycles. The second-order valence-electron chi connectivity index (χ2n) is 6.41. The molecule has 0 aromatic carbocycles. The summed E-state index contributed by atoms with van der Waals surface area (Å²) in [6, 6.07) is -0.353. The Morgan fingerprint density at radius 2 is 1.81 bits per heavy atom. The number of ether oxygens (including phenoxy) is 1. The van der Waals surface area contributed by atoms with Gasteiger partial charge in [0.25, 0.3) is 0 Å². The number of carbonyl (C=O) groups excluding carboxylic acids is 1. The minimum Gasteiger partial charge on any atom is -0.381 e. The lowest BCUT2D eigenvalue weighted by Gasteiger charge is -2.26. The highest BCUT2D eigenvalue weighted by atomic mass is 35.5. The molecule has 1 saturated carbocycles. The van der Waals surface area contributed by atoms with Gasteiger partial charge in [0.15, 0.2) is 0 Å². The van der Waals surface area contributed by atoms with Gasteiger partial charge >= 0.3 is 0 Å². The first-order valence-corrected chi connectivity index (χ1v) is 8.38. The third-order valence-electron chi connectivity index (χ3n) is 4.89. The molecule has 3 N–H and O–H groups in total. The number of halogens is 1. The molecule has 4 nitrogen and oxygen atoms in total. The summed E-state index contributed by atoms with van der Waals surface area (Å²) in [5, 5.41) is 3.00. The zero-order valence-corrected chi connectivity index (χ0v) is 13.8. The molecule has 2 fully saturated rings. The van der Waals surface area contributed by atoms with Crippen molar-refractivity contribution in [3.8, 4) is 0 Å². The quantitative estimate of drug-likeness (QED) is 0.709. The Balaban J connectivity index is 0.00000220. The average Bonchev–Trinajstić information content (AvgIpc) is 3.00. The Labute approximate surface area is 135 Å². The van der Waals surface area contributed by atoms with E-state index >= 15 is 0 Å².